The molecule has 1 fully saturated rings. The molecule has 3 rings (SSSR count). The molecule has 2 aromatic rings. The average molecular weight is 476 g/mol. The number of amides is 2. The van der Waals surface area contributed by atoms with Gasteiger partial charge in [0.2, 0.25) is 15.9 Å². The lowest BCUT2D eigenvalue weighted by Gasteiger charge is -2.30. The topological polar surface area (TPSA) is 86.8 Å². The Morgan fingerprint density at radius 3 is 2.33 bits per heavy atom. The molecular weight excluding hydrogens is 445 g/mol. The van der Waals surface area contributed by atoms with Crippen LogP contribution in [0.25, 0.3) is 0 Å². The first-order valence-electron chi connectivity index (χ1n) is 11.0. The van der Waals surface area contributed by atoms with Crippen molar-refractivity contribution in [1.82, 2.24) is 10.2 Å². The normalized spacial score (nSPS) is 17.9. The highest BCUT2D eigenvalue weighted by Gasteiger charge is 2.50. The highest BCUT2D eigenvalue weighted by molar-refractivity contribution is 7.94. The van der Waals surface area contributed by atoms with Gasteiger partial charge in [-0.1, -0.05) is 32.0 Å². The number of rotatable bonds is 8. The van der Waals surface area contributed by atoms with Crippen molar-refractivity contribution in [2.24, 2.45) is 5.41 Å². The van der Waals surface area contributed by atoms with Gasteiger partial charge < -0.3 is 5.32 Å². The summed E-state index contributed by atoms with van der Waals surface area (Å²) < 4.78 is 39.3. The molecule has 1 saturated heterocycles. The van der Waals surface area contributed by atoms with Crippen LogP contribution >= 0.6 is 0 Å². The fourth-order valence-corrected chi connectivity index (χ4v) is 6.23. The van der Waals surface area contributed by atoms with Gasteiger partial charge in [-0.15, -0.1) is 0 Å². The van der Waals surface area contributed by atoms with Crippen molar-refractivity contribution < 1.29 is 22.4 Å². The van der Waals surface area contributed by atoms with Crippen molar-refractivity contribution in [3.8, 4) is 0 Å². The standard InChI is InChI=1S/C24H30FN3O4S/c1-5-27(6-2)21(17-10-12-19(25)13-11-17)15-26-22(29)18-8-7-9-20(14-18)28-23(30)24(3,4)16-33(28,31)32/h7-14,21H,5-6,15-16H2,1-4H3,(H,26,29). The van der Waals surface area contributed by atoms with Crippen LogP contribution in [-0.4, -0.2) is 50.5 Å². The van der Waals surface area contributed by atoms with Crippen molar-refractivity contribution in [3.05, 3.63) is 65.5 Å². The van der Waals surface area contributed by atoms with E-state index in [-0.39, 0.29) is 41.3 Å². The lowest BCUT2D eigenvalue weighted by atomic mass is 9.95. The third-order valence-electron chi connectivity index (χ3n) is 5.89. The minimum atomic E-state index is -3.81. The Bertz CT molecular complexity index is 1130. The molecule has 1 unspecified atom stereocenters. The fraction of sp³-hybridized carbons (Fsp3) is 0.417. The maximum absolute atomic E-state index is 13.4. The summed E-state index contributed by atoms with van der Waals surface area (Å²) in [5.74, 6) is -1.51. The van der Waals surface area contributed by atoms with Gasteiger partial charge in [-0.05, 0) is 62.8 Å². The molecule has 0 aromatic heterocycles. The van der Waals surface area contributed by atoms with E-state index in [0.29, 0.717) is 0 Å². The first-order valence-corrected chi connectivity index (χ1v) is 12.6. The molecule has 9 heteroatoms. The van der Waals surface area contributed by atoms with Crippen LogP contribution in [-0.2, 0) is 14.8 Å². The molecule has 178 valence electrons. The van der Waals surface area contributed by atoms with Gasteiger partial charge in [-0.3, -0.25) is 14.5 Å². The highest BCUT2D eigenvalue weighted by Crippen LogP contribution is 2.36. The molecule has 1 aliphatic heterocycles. The number of sulfonamides is 1. The van der Waals surface area contributed by atoms with Crippen molar-refractivity contribution in [1.29, 1.82) is 0 Å². The van der Waals surface area contributed by atoms with Crippen molar-refractivity contribution in [2.75, 3.05) is 29.7 Å². The molecule has 0 radical (unpaired) electrons. The Balaban J connectivity index is 1.81. The van der Waals surface area contributed by atoms with E-state index < -0.39 is 21.3 Å². The first-order chi connectivity index (χ1) is 15.5. The van der Waals surface area contributed by atoms with Crippen molar-refractivity contribution >= 4 is 27.5 Å². The number of anilines is 1. The maximum atomic E-state index is 13.4. The second kappa shape index (κ2) is 9.61. The van der Waals surface area contributed by atoms with Crippen LogP contribution in [0.1, 0.15) is 49.7 Å². The van der Waals surface area contributed by atoms with Crippen LogP contribution in [0.4, 0.5) is 10.1 Å². The molecule has 2 amide bonds. The number of nitrogens with zero attached hydrogens (tertiary/aromatic N) is 2. The van der Waals surface area contributed by atoms with Gasteiger partial charge in [0.1, 0.15) is 5.82 Å². The molecule has 0 saturated carbocycles. The van der Waals surface area contributed by atoms with Crippen LogP contribution in [0, 0.1) is 11.2 Å². The Labute approximate surface area is 194 Å². The van der Waals surface area contributed by atoms with Gasteiger partial charge in [0.05, 0.1) is 22.9 Å². The SMILES string of the molecule is CCN(CC)C(CNC(=O)c1cccc(N2C(=O)C(C)(C)CS2(=O)=O)c1)c1ccc(F)cc1. The summed E-state index contributed by atoms with van der Waals surface area (Å²) in [5.41, 5.74) is 0.253. The van der Waals surface area contributed by atoms with Crippen LogP contribution in [0.2, 0.25) is 0 Å². The van der Waals surface area contributed by atoms with E-state index in [1.165, 1.54) is 24.3 Å². The van der Waals surface area contributed by atoms with Gasteiger partial charge in [0, 0.05) is 12.1 Å². The van der Waals surface area contributed by atoms with Gasteiger partial charge in [-0.2, -0.15) is 0 Å². The van der Waals surface area contributed by atoms with Crippen molar-refractivity contribution in [3.63, 3.8) is 0 Å². The molecule has 7 nitrogen and oxygen atoms in total. The Morgan fingerprint density at radius 1 is 1.15 bits per heavy atom. The second-order valence-corrected chi connectivity index (χ2v) is 10.6. The van der Waals surface area contributed by atoms with E-state index in [0.717, 1.165) is 23.0 Å². The molecule has 33 heavy (non-hydrogen) atoms. The average Bonchev–Trinajstić information content (AvgIpc) is 2.93. The molecular formula is C24H30FN3O4S. The number of carbonyl (C=O) groups excluding carboxylic acids is 2. The van der Waals surface area contributed by atoms with Crippen LogP contribution in [0.15, 0.2) is 48.5 Å². The third-order valence-corrected chi connectivity index (χ3v) is 7.91. The van der Waals surface area contributed by atoms with Gasteiger partial charge in [-0.25, -0.2) is 17.1 Å². The summed E-state index contributed by atoms with van der Waals surface area (Å²) in [4.78, 5) is 27.8. The zero-order valence-corrected chi connectivity index (χ0v) is 20.2. The van der Waals surface area contributed by atoms with E-state index in [1.54, 1.807) is 38.1 Å². The van der Waals surface area contributed by atoms with Gasteiger partial charge in [0.25, 0.3) is 5.91 Å². The van der Waals surface area contributed by atoms with Crippen molar-refractivity contribution in [2.45, 2.75) is 33.7 Å². The summed E-state index contributed by atoms with van der Waals surface area (Å²) in [6.45, 7) is 8.98. The summed E-state index contributed by atoms with van der Waals surface area (Å²) in [5, 5.41) is 2.90. The molecule has 0 bridgehead atoms. The quantitative estimate of drug-likeness (QED) is 0.633. The van der Waals surface area contributed by atoms with Crippen LogP contribution in [0.5, 0.6) is 0 Å². The smallest absolute Gasteiger partial charge is 0.251 e. The predicted octanol–water partition coefficient (Wildman–Crippen LogP) is 3.34. The third kappa shape index (κ3) is 5.25. The number of hydrogen-bond acceptors (Lipinski definition) is 5. The van der Waals surface area contributed by atoms with E-state index in [4.69, 9.17) is 0 Å². The van der Waals surface area contributed by atoms with E-state index in [1.807, 2.05) is 13.8 Å². The Kier molecular flexibility index (Phi) is 7.23. The summed E-state index contributed by atoms with van der Waals surface area (Å²) in [6.07, 6.45) is 0. The van der Waals surface area contributed by atoms with Crippen LogP contribution in [0.3, 0.4) is 0 Å². The molecule has 1 heterocycles. The molecule has 1 aliphatic rings. The zero-order valence-electron chi connectivity index (χ0n) is 19.3. The predicted molar refractivity (Wildman–Crippen MR) is 126 cm³/mol. The molecule has 1 N–H and O–H groups in total. The largest absolute Gasteiger partial charge is 0.350 e. The van der Waals surface area contributed by atoms with E-state index >= 15 is 0 Å². The van der Waals surface area contributed by atoms with Gasteiger partial charge in [0.15, 0.2) is 0 Å². The summed E-state index contributed by atoms with van der Waals surface area (Å²) >= 11 is 0. The zero-order chi connectivity index (χ0) is 24.4. The Hall–Kier alpha value is -2.78. The van der Waals surface area contributed by atoms with Crippen LogP contribution < -0.4 is 9.62 Å². The Morgan fingerprint density at radius 2 is 1.79 bits per heavy atom. The monoisotopic (exact) mass is 475 g/mol. The maximum Gasteiger partial charge on any atom is 0.251 e. The number of carbonyl (C=O) groups is 2. The summed E-state index contributed by atoms with van der Waals surface area (Å²) in [6, 6.07) is 12.1. The number of nitrogens with one attached hydrogen (secondary N) is 1. The van der Waals surface area contributed by atoms with E-state index in [2.05, 4.69) is 10.2 Å². The molecule has 0 spiro atoms. The highest BCUT2D eigenvalue weighted by atomic mass is 32.2. The van der Waals surface area contributed by atoms with Gasteiger partial charge >= 0.3 is 0 Å². The first kappa shape index (κ1) is 24.9. The lowest BCUT2D eigenvalue weighted by molar-refractivity contribution is -0.123. The van der Waals surface area contributed by atoms with E-state index in [9.17, 15) is 22.4 Å². The number of likely N-dealkylation sites (N-methyl/N-ethyl adjacent to an activating group) is 1. The molecule has 0 aliphatic carbocycles. The molecule has 2 aromatic carbocycles. The minimum absolute atomic E-state index is 0.150. The lowest BCUT2D eigenvalue weighted by Crippen LogP contribution is -2.38. The second-order valence-electron chi connectivity index (χ2n) is 8.76. The number of hydrogen-bond donors (Lipinski definition) is 1. The number of benzene rings is 2. The minimum Gasteiger partial charge on any atom is -0.350 e. The fourth-order valence-electron chi connectivity index (χ4n) is 4.13. The molecule has 1 atom stereocenters. The summed E-state index contributed by atoms with van der Waals surface area (Å²) in [7, 11) is -3.81. The number of halogens is 1.